The van der Waals surface area contributed by atoms with E-state index in [0.717, 1.165) is 50.0 Å². The summed E-state index contributed by atoms with van der Waals surface area (Å²) in [5.41, 5.74) is 0. The minimum atomic E-state index is -0.576. The highest BCUT2D eigenvalue weighted by Crippen LogP contribution is 2.41. The molecule has 2 aliphatic rings. The Morgan fingerprint density at radius 2 is 1.90 bits per heavy atom. The monoisotopic (exact) mass is 278 g/mol. The summed E-state index contributed by atoms with van der Waals surface area (Å²) in [6.07, 6.45) is 5.15. The van der Waals surface area contributed by atoms with E-state index < -0.39 is 12.1 Å². The Morgan fingerprint density at radius 1 is 1.20 bits per heavy atom. The first-order valence-corrected chi connectivity index (χ1v) is 7.45. The number of para-hydroxylation sites is 2. The van der Waals surface area contributed by atoms with Gasteiger partial charge in [0.15, 0.2) is 17.8 Å². The van der Waals surface area contributed by atoms with Crippen LogP contribution in [0.15, 0.2) is 24.3 Å². The topological polar surface area (TPSA) is 47.9 Å². The number of ether oxygens (including phenoxy) is 3. The molecule has 0 saturated carbocycles. The molecule has 4 heteroatoms. The van der Waals surface area contributed by atoms with Gasteiger partial charge in [-0.3, -0.25) is 0 Å². The van der Waals surface area contributed by atoms with Gasteiger partial charge in [0, 0.05) is 13.3 Å². The first-order valence-electron chi connectivity index (χ1n) is 7.45. The molecule has 3 rings (SSSR count). The smallest absolute Gasteiger partial charge is 0.248 e. The van der Waals surface area contributed by atoms with Crippen molar-refractivity contribution in [1.29, 1.82) is 0 Å². The first kappa shape index (κ1) is 13.7. The third-order valence-corrected chi connectivity index (χ3v) is 3.98. The molecular weight excluding hydrogens is 256 g/mol. The van der Waals surface area contributed by atoms with E-state index >= 15 is 0 Å². The van der Waals surface area contributed by atoms with Crippen molar-refractivity contribution < 1.29 is 19.3 Å². The number of aliphatic hydroxyl groups is 1. The largest absolute Gasteiger partial charge is 0.449 e. The van der Waals surface area contributed by atoms with Crippen molar-refractivity contribution in [1.82, 2.24) is 0 Å². The third kappa shape index (κ3) is 3.07. The molecular formula is C16H22O4. The Morgan fingerprint density at radius 3 is 2.55 bits per heavy atom. The number of fused-ring (bicyclic) bond motifs is 1. The molecule has 2 aliphatic heterocycles. The molecule has 1 N–H and O–H groups in total. The second kappa shape index (κ2) is 5.62. The Balaban J connectivity index is 1.47. The fraction of sp³-hybridized carbons (Fsp3) is 0.625. The summed E-state index contributed by atoms with van der Waals surface area (Å²) < 4.78 is 17.3. The lowest BCUT2D eigenvalue weighted by atomic mass is 10.0. The molecule has 1 saturated heterocycles. The van der Waals surface area contributed by atoms with E-state index in [1.807, 2.05) is 31.2 Å². The lowest BCUT2D eigenvalue weighted by molar-refractivity contribution is -0.165. The van der Waals surface area contributed by atoms with Gasteiger partial charge < -0.3 is 19.3 Å². The second-order valence-corrected chi connectivity index (χ2v) is 5.82. The van der Waals surface area contributed by atoms with Crippen molar-refractivity contribution >= 4 is 0 Å². The molecule has 4 nitrogen and oxygen atoms in total. The fourth-order valence-corrected chi connectivity index (χ4v) is 2.95. The van der Waals surface area contributed by atoms with Gasteiger partial charge in [0.25, 0.3) is 0 Å². The van der Waals surface area contributed by atoms with E-state index in [2.05, 4.69) is 0 Å². The van der Waals surface area contributed by atoms with Crippen LogP contribution in [-0.2, 0) is 4.74 Å². The van der Waals surface area contributed by atoms with Crippen LogP contribution in [0.2, 0.25) is 0 Å². The van der Waals surface area contributed by atoms with Gasteiger partial charge in [-0.25, -0.2) is 0 Å². The lowest BCUT2D eigenvalue weighted by Crippen LogP contribution is -2.35. The second-order valence-electron chi connectivity index (χ2n) is 5.82. The van der Waals surface area contributed by atoms with Gasteiger partial charge in [-0.2, -0.15) is 0 Å². The maximum Gasteiger partial charge on any atom is 0.248 e. The Kier molecular flexibility index (Phi) is 3.85. The van der Waals surface area contributed by atoms with E-state index in [1.165, 1.54) is 0 Å². The SMILES string of the molecule is CC1(CCCC2CCCC(O)O2)Oc2ccccc2O1. The fourth-order valence-electron chi connectivity index (χ4n) is 2.95. The van der Waals surface area contributed by atoms with Crippen LogP contribution in [0.25, 0.3) is 0 Å². The van der Waals surface area contributed by atoms with Gasteiger partial charge in [0.2, 0.25) is 5.79 Å². The maximum atomic E-state index is 9.49. The highest BCUT2D eigenvalue weighted by Gasteiger charge is 2.36. The van der Waals surface area contributed by atoms with Crippen LogP contribution >= 0.6 is 0 Å². The van der Waals surface area contributed by atoms with Crippen molar-refractivity contribution in [2.75, 3.05) is 0 Å². The van der Waals surface area contributed by atoms with Gasteiger partial charge in [0.1, 0.15) is 0 Å². The summed E-state index contributed by atoms with van der Waals surface area (Å²) >= 11 is 0. The summed E-state index contributed by atoms with van der Waals surface area (Å²) in [6.45, 7) is 1.98. The van der Waals surface area contributed by atoms with Crippen LogP contribution in [-0.4, -0.2) is 23.3 Å². The van der Waals surface area contributed by atoms with Gasteiger partial charge >= 0.3 is 0 Å². The zero-order valence-electron chi connectivity index (χ0n) is 11.9. The lowest BCUT2D eigenvalue weighted by Gasteiger charge is -2.28. The van der Waals surface area contributed by atoms with Crippen LogP contribution in [0.4, 0.5) is 0 Å². The molecule has 0 aliphatic carbocycles. The molecule has 1 aromatic carbocycles. The zero-order chi connectivity index (χ0) is 14.0. The first-order chi connectivity index (χ1) is 9.65. The summed E-state index contributed by atoms with van der Waals surface area (Å²) in [5, 5.41) is 9.49. The van der Waals surface area contributed by atoms with Crippen molar-refractivity contribution in [3.8, 4) is 11.5 Å². The number of rotatable bonds is 4. The average molecular weight is 278 g/mol. The molecule has 1 fully saturated rings. The van der Waals surface area contributed by atoms with E-state index in [9.17, 15) is 5.11 Å². The molecule has 0 aromatic heterocycles. The van der Waals surface area contributed by atoms with Gasteiger partial charge in [-0.15, -0.1) is 0 Å². The normalized spacial score (nSPS) is 27.5. The van der Waals surface area contributed by atoms with Crippen LogP contribution < -0.4 is 9.47 Å². The van der Waals surface area contributed by atoms with Crippen LogP contribution in [0.1, 0.15) is 45.4 Å². The summed E-state index contributed by atoms with van der Waals surface area (Å²) in [5.74, 6) is 1.07. The van der Waals surface area contributed by atoms with Gasteiger partial charge in [-0.05, 0) is 44.2 Å². The molecule has 2 unspecified atom stereocenters. The predicted molar refractivity (Wildman–Crippen MR) is 74.7 cm³/mol. The summed E-state index contributed by atoms with van der Waals surface area (Å²) in [7, 11) is 0. The highest BCUT2D eigenvalue weighted by atomic mass is 16.7. The van der Waals surface area contributed by atoms with E-state index in [0.29, 0.717) is 0 Å². The van der Waals surface area contributed by atoms with Crippen LogP contribution in [0.3, 0.4) is 0 Å². The maximum absolute atomic E-state index is 9.49. The number of aliphatic hydroxyl groups excluding tert-OH is 1. The van der Waals surface area contributed by atoms with Crippen molar-refractivity contribution in [2.45, 2.75) is 63.6 Å². The van der Waals surface area contributed by atoms with Crippen molar-refractivity contribution in [3.05, 3.63) is 24.3 Å². The Bertz CT molecular complexity index is 435. The molecule has 2 heterocycles. The van der Waals surface area contributed by atoms with Gasteiger partial charge in [-0.1, -0.05) is 12.1 Å². The predicted octanol–water partition coefficient (Wildman–Crippen LogP) is 3.23. The Labute approximate surface area is 119 Å². The van der Waals surface area contributed by atoms with Crippen molar-refractivity contribution in [2.24, 2.45) is 0 Å². The van der Waals surface area contributed by atoms with Crippen LogP contribution in [0.5, 0.6) is 11.5 Å². The molecule has 2 atom stereocenters. The minimum absolute atomic E-state index is 0.172. The third-order valence-electron chi connectivity index (χ3n) is 3.98. The molecule has 110 valence electrons. The molecule has 0 bridgehead atoms. The molecule has 0 spiro atoms. The van der Waals surface area contributed by atoms with E-state index in [1.54, 1.807) is 0 Å². The quantitative estimate of drug-likeness (QED) is 0.918. The molecule has 0 amide bonds. The van der Waals surface area contributed by atoms with Gasteiger partial charge in [0.05, 0.1) is 6.10 Å². The standard InChI is InChI=1S/C16H22O4/c1-16(19-13-8-2-3-9-14(13)20-16)11-5-7-12-6-4-10-15(17)18-12/h2-3,8-9,12,15,17H,4-7,10-11H2,1H3. The Hall–Kier alpha value is -1.26. The summed E-state index contributed by atoms with van der Waals surface area (Å²) in [6, 6.07) is 7.76. The minimum Gasteiger partial charge on any atom is -0.449 e. The van der Waals surface area contributed by atoms with E-state index in [4.69, 9.17) is 14.2 Å². The summed E-state index contributed by atoms with van der Waals surface area (Å²) in [4.78, 5) is 0. The average Bonchev–Trinajstić information content (AvgIpc) is 2.75. The zero-order valence-corrected chi connectivity index (χ0v) is 11.9. The number of hydrogen-bond acceptors (Lipinski definition) is 4. The van der Waals surface area contributed by atoms with Crippen molar-refractivity contribution in [3.63, 3.8) is 0 Å². The molecule has 1 aromatic rings. The highest BCUT2D eigenvalue weighted by molar-refractivity contribution is 5.42. The molecule has 20 heavy (non-hydrogen) atoms. The number of hydrogen-bond donors (Lipinski definition) is 1. The number of benzene rings is 1. The van der Waals surface area contributed by atoms with E-state index in [-0.39, 0.29) is 6.10 Å². The van der Waals surface area contributed by atoms with Crippen LogP contribution in [0, 0.1) is 0 Å². The molecule has 0 radical (unpaired) electrons.